The molecule has 1 amide bonds. The molecule has 0 aliphatic carbocycles. The molecule has 1 unspecified atom stereocenters. The van der Waals surface area contributed by atoms with Crippen LogP contribution in [-0.4, -0.2) is 27.6 Å². The summed E-state index contributed by atoms with van der Waals surface area (Å²) < 4.78 is 18.7. The van der Waals surface area contributed by atoms with E-state index in [2.05, 4.69) is 34.4 Å². The Kier molecular flexibility index (Phi) is 8.08. The molecule has 0 saturated carbocycles. The Balaban J connectivity index is 0.000000242. The molecule has 2 aromatic heterocycles. The number of amides is 1. The highest BCUT2D eigenvalue weighted by atomic mass is 32.2. The summed E-state index contributed by atoms with van der Waals surface area (Å²) in [6, 6.07) is 9.67. The van der Waals surface area contributed by atoms with E-state index in [1.54, 1.807) is 12.3 Å². The van der Waals surface area contributed by atoms with Crippen molar-refractivity contribution < 1.29 is 13.7 Å². The molecule has 1 atom stereocenters. The lowest BCUT2D eigenvalue weighted by molar-refractivity contribution is -0.122. The number of rotatable bonds is 5. The molecular weight excluding hydrogens is 425 g/mol. The summed E-state index contributed by atoms with van der Waals surface area (Å²) in [6.45, 7) is 10.3. The fourth-order valence-corrected chi connectivity index (χ4v) is 3.03. The van der Waals surface area contributed by atoms with Crippen molar-refractivity contribution in [2.75, 3.05) is 6.26 Å². The lowest BCUT2D eigenvalue weighted by atomic mass is 9.98. The van der Waals surface area contributed by atoms with Crippen molar-refractivity contribution in [3.05, 3.63) is 59.1 Å². The number of terminal acetylenes is 1. The number of nitrogens with one attached hydrogen (secondary N) is 1. The van der Waals surface area contributed by atoms with Gasteiger partial charge in [0.1, 0.15) is 5.69 Å². The first-order valence-electron chi connectivity index (χ1n) is 10.2. The number of fused-ring (bicyclic) bond motifs is 1. The van der Waals surface area contributed by atoms with E-state index in [1.807, 2.05) is 45.2 Å². The third kappa shape index (κ3) is 6.57. The lowest BCUT2D eigenvalue weighted by Gasteiger charge is -2.25. The molecule has 0 aliphatic rings. The van der Waals surface area contributed by atoms with Crippen LogP contribution in [0.4, 0.5) is 4.39 Å². The third-order valence-corrected chi connectivity index (χ3v) is 5.82. The molecule has 5 nitrogen and oxygen atoms in total. The van der Waals surface area contributed by atoms with Crippen molar-refractivity contribution in [2.45, 2.75) is 58.0 Å². The second-order valence-corrected chi connectivity index (χ2v) is 9.78. The van der Waals surface area contributed by atoms with Crippen molar-refractivity contribution in [3.63, 3.8) is 0 Å². The monoisotopic (exact) mass is 455 g/mol. The first kappa shape index (κ1) is 25.4. The average molecular weight is 456 g/mol. The van der Waals surface area contributed by atoms with Gasteiger partial charge >= 0.3 is 0 Å². The van der Waals surface area contributed by atoms with Gasteiger partial charge in [-0.05, 0) is 66.0 Å². The molecular formula is C25H30FN3O2S. The number of benzene rings is 1. The van der Waals surface area contributed by atoms with Crippen LogP contribution in [0.1, 0.15) is 57.2 Å². The predicted octanol–water partition coefficient (Wildman–Crippen LogP) is 5.51. The number of aromatic nitrogens is 2. The van der Waals surface area contributed by atoms with Crippen molar-refractivity contribution in [1.29, 1.82) is 0 Å². The van der Waals surface area contributed by atoms with Crippen molar-refractivity contribution in [1.82, 2.24) is 15.5 Å². The zero-order valence-electron chi connectivity index (χ0n) is 19.6. The van der Waals surface area contributed by atoms with Crippen LogP contribution in [0.15, 0.2) is 41.1 Å². The molecule has 0 aliphatic heterocycles. The molecule has 7 heteroatoms. The molecule has 170 valence electrons. The van der Waals surface area contributed by atoms with Gasteiger partial charge in [0.25, 0.3) is 0 Å². The molecule has 3 aromatic rings. The second-order valence-electron chi connectivity index (χ2n) is 8.61. The van der Waals surface area contributed by atoms with Gasteiger partial charge < -0.3 is 9.84 Å². The maximum absolute atomic E-state index is 13.7. The summed E-state index contributed by atoms with van der Waals surface area (Å²) in [5.74, 6) is 2.65. The number of carbonyl (C=O) groups excluding carboxylic acids is 1. The number of aryl methyl sites for hydroxylation is 1. The highest BCUT2D eigenvalue weighted by Gasteiger charge is 2.32. The number of nitrogens with zero attached hydrogens (tertiary/aromatic N) is 2. The summed E-state index contributed by atoms with van der Waals surface area (Å²) in [6.07, 6.45) is 8.88. The van der Waals surface area contributed by atoms with Crippen LogP contribution in [0.5, 0.6) is 0 Å². The Hall–Kier alpha value is -2.85. The van der Waals surface area contributed by atoms with Gasteiger partial charge in [0, 0.05) is 23.2 Å². The zero-order valence-corrected chi connectivity index (χ0v) is 20.4. The summed E-state index contributed by atoms with van der Waals surface area (Å²) in [4.78, 5) is 16.2. The van der Waals surface area contributed by atoms with Gasteiger partial charge in [-0.15, -0.1) is 6.42 Å². The Morgan fingerprint density at radius 2 is 1.94 bits per heavy atom. The van der Waals surface area contributed by atoms with Gasteiger partial charge in [0.2, 0.25) is 5.91 Å². The normalized spacial score (nSPS) is 12.5. The molecule has 3 rings (SSSR count). The molecule has 0 spiro atoms. The topological polar surface area (TPSA) is 68.0 Å². The number of pyridine rings is 1. The summed E-state index contributed by atoms with van der Waals surface area (Å²) in [5.41, 5.74) is 1.27. The van der Waals surface area contributed by atoms with Crippen LogP contribution in [0.25, 0.3) is 10.9 Å². The number of hydrogen-bond donors (Lipinski definition) is 1. The Morgan fingerprint density at radius 3 is 2.50 bits per heavy atom. The van der Waals surface area contributed by atoms with Crippen molar-refractivity contribution >= 4 is 28.6 Å². The smallest absolute Gasteiger partial charge is 0.233 e. The first-order chi connectivity index (χ1) is 14.9. The van der Waals surface area contributed by atoms with Crippen molar-refractivity contribution in [3.8, 4) is 12.3 Å². The number of hydrogen-bond acceptors (Lipinski definition) is 5. The Morgan fingerprint density at radius 1 is 1.25 bits per heavy atom. The van der Waals surface area contributed by atoms with Crippen LogP contribution in [0.2, 0.25) is 0 Å². The van der Waals surface area contributed by atoms with Gasteiger partial charge in [-0.3, -0.25) is 9.78 Å². The third-order valence-electron chi connectivity index (χ3n) is 4.90. The zero-order chi connectivity index (χ0) is 24.1. The number of carbonyl (C=O) groups is 1. The minimum absolute atomic E-state index is 0.0819. The number of thioether (sulfide) groups is 1. The van der Waals surface area contributed by atoms with Gasteiger partial charge in [-0.1, -0.05) is 22.7 Å². The first-order valence-corrected chi connectivity index (χ1v) is 11.5. The van der Waals surface area contributed by atoms with E-state index in [4.69, 9.17) is 10.9 Å². The standard InChI is InChI=1S/C13H21FN2O2S.C12H9N/c1-8(19-6)11(17)15-13(4,5)9-7-10(18-16-9)12(2,3)14;1-3-10-7-11-6-9(2)4-5-12(11)13-8-10/h7-8H,1-6H3,(H,15,17);1,4-8H,2H3. The quantitative estimate of drug-likeness (QED) is 0.514. The van der Waals surface area contributed by atoms with Crippen LogP contribution in [0.3, 0.4) is 0 Å². The van der Waals surface area contributed by atoms with E-state index < -0.39 is 11.2 Å². The second kappa shape index (κ2) is 10.2. The molecule has 1 N–H and O–H groups in total. The summed E-state index contributed by atoms with van der Waals surface area (Å²) in [7, 11) is 0. The molecule has 0 radical (unpaired) electrons. The molecule has 2 heterocycles. The number of halogens is 1. The van der Waals surface area contributed by atoms with Gasteiger partial charge in [-0.25, -0.2) is 4.39 Å². The fraction of sp³-hybridized carbons (Fsp3) is 0.400. The van der Waals surface area contributed by atoms with E-state index in [9.17, 15) is 9.18 Å². The minimum Gasteiger partial charge on any atom is -0.358 e. The summed E-state index contributed by atoms with van der Waals surface area (Å²) >= 11 is 1.46. The van der Waals surface area contributed by atoms with E-state index in [-0.39, 0.29) is 16.9 Å². The maximum atomic E-state index is 13.7. The highest BCUT2D eigenvalue weighted by molar-refractivity contribution is 7.99. The van der Waals surface area contributed by atoms with Crippen LogP contribution in [-0.2, 0) is 16.0 Å². The van der Waals surface area contributed by atoms with Crippen molar-refractivity contribution in [2.24, 2.45) is 0 Å². The van der Waals surface area contributed by atoms with E-state index in [0.717, 1.165) is 16.5 Å². The number of alkyl halides is 1. The minimum atomic E-state index is -1.59. The molecule has 1 aromatic carbocycles. The molecule has 0 fully saturated rings. The van der Waals surface area contributed by atoms with Crippen LogP contribution >= 0.6 is 11.8 Å². The summed E-state index contributed by atoms with van der Waals surface area (Å²) in [5, 5.41) is 7.70. The Bertz CT molecular complexity index is 1130. The van der Waals surface area contributed by atoms with E-state index in [1.165, 1.54) is 31.2 Å². The van der Waals surface area contributed by atoms with Crippen LogP contribution in [0, 0.1) is 19.3 Å². The molecule has 0 bridgehead atoms. The van der Waals surface area contributed by atoms with E-state index >= 15 is 0 Å². The van der Waals surface area contributed by atoms with Crippen LogP contribution < -0.4 is 5.32 Å². The lowest BCUT2D eigenvalue weighted by Crippen LogP contribution is -2.44. The predicted molar refractivity (Wildman–Crippen MR) is 129 cm³/mol. The SMILES string of the molecule is C#Cc1cnc2ccc(C)cc2c1.CSC(C)C(=O)NC(C)(C)c1cc(C(C)(C)F)on1. The largest absolute Gasteiger partial charge is 0.358 e. The van der Waals surface area contributed by atoms with E-state index in [0.29, 0.717) is 5.69 Å². The average Bonchev–Trinajstić information content (AvgIpc) is 3.24. The van der Waals surface area contributed by atoms with Gasteiger partial charge in [0.15, 0.2) is 11.4 Å². The molecule has 32 heavy (non-hydrogen) atoms. The maximum Gasteiger partial charge on any atom is 0.233 e. The highest BCUT2D eigenvalue weighted by Crippen LogP contribution is 2.29. The van der Waals surface area contributed by atoms with Gasteiger partial charge in [0.05, 0.1) is 16.3 Å². The Labute approximate surface area is 193 Å². The molecule has 0 saturated heterocycles. The fourth-order valence-electron chi connectivity index (χ4n) is 2.76. The van der Waals surface area contributed by atoms with Gasteiger partial charge in [-0.2, -0.15) is 11.8 Å².